The summed E-state index contributed by atoms with van der Waals surface area (Å²) >= 11 is 0. The summed E-state index contributed by atoms with van der Waals surface area (Å²) in [6.07, 6.45) is 2.84. The lowest BCUT2D eigenvalue weighted by atomic mass is 10.1. The molecular weight excluding hydrogens is 236 g/mol. The van der Waals surface area contributed by atoms with E-state index in [1.807, 2.05) is 6.07 Å². The third-order valence-electron chi connectivity index (χ3n) is 2.70. The lowest BCUT2D eigenvalue weighted by Crippen LogP contribution is -2.28. The lowest BCUT2D eigenvalue weighted by Gasteiger charge is -2.15. The average Bonchev–Trinajstić information content (AvgIpc) is 2.79. The maximum absolute atomic E-state index is 11.8. The van der Waals surface area contributed by atoms with E-state index in [2.05, 4.69) is 14.7 Å². The molecular formula is C11H10N4O3. The summed E-state index contributed by atoms with van der Waals surface area (Å²) in [6, 6.07) is 1.87. The van der Waals surface area contributed by atoms with Crippen LogP contribution < -0.4 is 4.90 Å². The first-order valence-electron chi connectivity index (χ1n) is 5.26. The number of esters is 1. The van der Waals surface area contributed by atoms with E-state index >= 15 is 0 Å². The maximum atomic E-state index is 11.8. The number of nitriles is 1. The molecule has 0 radical (unpaired) electrons. The van der Waals surface area contributed by atoms with Crippen molar-refractivity contribution in [2.75, 3.05) is 18.6 Å². The van der Waals surface area contributed by atoms with Gasteiger partial charge in [0, 0.05) is 25.4 Å². The van der Waals surface area contributed by atoms with Gasteiger partial charge < -0.3 is 4.74 Å². The van der Waals surface area contributed by atoms with Crippen molar-refractivity contribution in [3.8, 4) is 6.07 Å². The minimum absolute atomic E-state index is 0.0636. The zero-order chi connectivity index (χ0) is 13.1. The Hall–Kier alpha value is -2.49. The van der Waals surface area contributed by atoms with Crippen LogP contribution in [-0.4, -0.2) is 35.5 Å². The van der Waals surface area contributed by atoms with Gasteiger partial charge in [0.1, 0.15) is 6.07 Å². The van der Waals surface area contributed by atoms with E-state index in [1.165, 1.54) is 24.4 Å². The molecule has 18 heavy (non-hydrogen) atoms. The molecule has 2 rings (SSSR count). The van der Waals surface area contributed by atoms with Crippen LogP contribution in [0.4, 0.5) is 5.82 Å². The fraction of sp³-hybridized carbons (Fsp3) is 0.364. The van der Waals surface area contributed by atoms with Gasteiger partial charge in [0.2, 0.25) is 5.91 Å². The van der Waals surface area contributed by atoms with Gasteiger partial charge >= 0.3 is 5.97 Å². The average molecular weight is 246 g/mol. The predicted molar refractivity (Wildman–Crippen MR) is 59.2 cm³/mol. The molecule has 0 N–H and O–H groups in total. The predicted octanol–water partition coefficient (Wildman–Crippen LogP) is -0.126. The van der Waals surface area contributed by atoms with Crippen LogP contribution in [0, 0.1) is 17.2 Å². The highest BCUT2D eigenvalue weighted by Gasteiger charge is 2.37. The number of anilines is 1. The number of aromatic nitrogens is 2. The van der Waals surface area contributed by atoms with Crippen molar-refractivity contribution in [2.24, 2.45) is 5.92 Å². The zero-order valence-electron chi connectivity index (χ0n) is 9.66. The Morgan fingerprint density at radius 1 is 1.56 bits per heavy atom. The molecule has 2 heterocycles. The summed E-state index contributed by atoms with van der Waals surface area (Å²) in [5.41, 5.74) is 0.0661. The number of ether oxygens (including phenoxy) is 1. The summed E-state index contributed by atoms with van der Waals surface area (Å²) in [6.45, 7) is 0.166. The van der Waals surface area contributed by atoms with Crippen LogP contribution >= 0.6 is 0 Å². The van der Waals surface area contributed by atoms with E-state index in [4.69, 9.17) is 5.26 Å². The van der Waals surface area contributed by atoms with E-state index < -0.39 is 11.9 Å². The number of amides is 1. The van der Waals surface area contributed by atoms with Gasteiger partial charge in [0.25, 0.3) is 0 Å². The second kappa shape index (κ2) is 4.79. The second-order valence-electron chi connectivity index (χ2n) is 3.77. The SMILES string of the molecule is COC(=O)C1CC(=O)N(c2nccnc2C#N)C1. The quantitative estimate of drug-likeness (QED) is 0.674. The Morgan fingerprint density at radius 2 is 2.28 bits per heavy atom. The highest BCUT2D eigenvalue weighted by molar-refractivity contribution is 5.99. The van der Waals surface area contributed by atoms with E-state index in [9.17, 15) is 9.59 Å². The van der Waals surface area contributed by atoms with Gasteiger partial charge in [-0.25, -0.2) is 9.97 Å². The van der Waals surface area contributed by atoms with Crippen molar-refractivity contribution in [1.29, 1.82) is 5.26 Å². The third-order valence-corrected chi connectivity index (χ3v) is 2.70. The fourth-order valence-corrected chi connectivity index (χ4v) is 1.84. The van der Waals surface area contributed by atoms with Crippen LogP contribution in [0.25, 0.3) is 0 Å². The Morgan fingerprint density at radius 3 is 2.94 bits per heavy atom. The van der Waals surface area contributed by atoms with Crippen molar-refractivity contribution in [1.82, 2.24) is 9.97 Å². The van der Waals surface area contributed by atoms with Crippen LogP contribution in [0.5, 0.6) is 0 Å². The minimum atomic E-state index is -0.518. The highest BCUT2D eigenvalue weighted by Crippen LogP contribution is 2.25. The molecule has 1 aliphatic rings. The first-order chi connectivity index (χ1) is 8.67. The first-order valence-corrected chi connectivity index (χ1v) is 5.26. The number of rotatable bonds is 2. The molecule has 0 aromatic carbocycles. The number of nitrogens with zero attached hydrogens (tertiary/aromatic N) is 4. The molecule has 1 atom stereocenters. The Labute approximate surface area is 103 Å². The van der Waals surface area contributed by atoms with E-state index in [0.29, 0.717) is 0 Å². The number of hydrogen-bond donors (Lipinski definition) is 0. The smallest absolute Gasteiger partial charge is 0.311 e. The van der Waals surface area contributed by atoms with E-state index in [-0.39, 0.29) is 30.4 Å². The molecule has 0 aliphatic carbocycles. The number of carbonyl (C=O) groups is 2. The molecule has 0 saturated carbocycles. The summed E-state index contributed by atoms with van der Waals surface area (Å²) in [5, 5.41) is 8.90. The Balaban J connectivity index is 2.28. The van der Waals surface area contributed by atoms with Gasteiger partial charge in [-0.3, -0.25) is 14.5 Å². The Kier molecular flexibility index (Phi) is 3.19. The van der Waals surface area contributed by atoms with Gasteiger partial charge in [-0.15, -0.1) is 0 Å². The molecule has 0 spiro atoms. The monoisotopic (exact) mass is 246 g/mol. The topological polar surface area (TPSA) is 96.2 Å². The second-order valence-corrected chi connectivity index (χ2v) is 3.77. The summed E-state index contributed by atoms with van der Waals surface area (Å²) in [5.74, 6) is -1.02. The van der Waals surface area contributed by atoms with Gasteiger partial charge in [-0.1, -0.05) is 0 Å². The largest absolute Gasteiger partial charge is 0.469 e. The van der Waals surface area contributed by atoms with Crippen LogP contribution in [0.3, 0.4) is 0 Å². The number of hydrogen-bond acceptors (Lipinski definition) is 6. The van der Waals surface area contributed by atoms with Crippen molar-refractivity contribution < 1.29 is 14.3 Å². The molecule has 1 aromatic rings. The fourth-order valence-electron chi connectivity index (χ4n) is 1.84. The third kappa shape index (κ3) is 2.00. The van der Waals surface area contributed by atoms with E-state index in [0.717, 1.165) is 0 Å². The van der Waals surface area contributed by atoms with E-state index in [1.54, 1.807) is 0 Å². The first kappa shape index (κ1) is 12.0. The number of methoxy groups -OCH3 is 1. The lowest BCUT2D eigenvalue weighted by molar-refractivity contribution is -0.145. The summed E-state index contributed by atoms with van der Waals surface area (Å²) < 4.78 is 4.60. The van der Waals surface area contributed by atoms with Gasteiger partial charge in [-0.2, -0.15) is 5.26 Å². The summed E-state index contributed by atoms with van der Waals surface area (Å²) in [4.78, 5) is 32.3. The van der Waals surface area contributed by atoms with Crippen molar-refractivity contribution in [2.45, 2.75) is 6.42 Å². The summed E-state index contributed by atoms with van der Waals surface area (Å²) in [7, 11) is 1.28. The van der Waals surface area contributed by atoms with Crippen LogP contribution in [-0.2, 0) is 14.3 Å². The van der Waals surface area contributed by atoms with Crippen molar-refractivity contribution in [3.05, 3.63) is 18.1 Å². The standard InChI is InChI=1S/C11H10N4O3/c1-18-11(17)7-4-9(16)15(6-7)10-8(5-12)13-2-3-14-10/h2-3,7H,4,6H2,1H3. The molecule has 1 unspecified atom stereocenters. The molecule has 7 heteroatoms. The Bertz CT molecular complexity index is 537. The van der Waals surface area contributed by atoms with Crippen molar-refractivity contribution >= 4 is 17.7 Å². The normalized spacial score (nSPS) is 18.6. The van der Waals surface area contributed by atoms with Crippen LogP contribution in [0.15, 0.2) is 12.4 Å². The molecule has 1 amide bonds. The zero-order valence-corrected chi connectivity index (χ0v) is 9.66. The maximum Gasteiger partial charge on any atom is 0.311 e. The van der Waals surface area contributed by atoms with Gasteiger partial charge in [-0.05, 0) is 0 Å². The highest BCUT2D eigenvalue weighted by atomic mass is 16.5. The minimum Gasteiger partial charge on any atom is -0.469 e. The number of carbonyl (C=O) groups excluding carboxylic acids is 2. The van der Waals surface area contributed by atoms with Crippen LogP contribution in [0.2, 0.25) is 0 Å². The molecule has 92 valence electrons. The molecule has 1 aromatic heterocycles. The molecule has 1 aliphatic heterocycles. The van der Waals surface area contributed by atoms with Crippen LogP contribution in [0.1, 0.15) is 12.1 Å². The van der Waals surface area contributed by atoms with Crippen molar-refractivity contribution in [3.63, 3.8) is 0 Å². The molecule has 1 fully saturated rings. The van der Waals surface area contributed by atoms with Gasteiger partial charge in [0.15, 0.2) is 11.5 Å². The van der Waals surface area contributed by atoms with Gasteiger partial charge in [0.05, 0.1) is 13.0 Å². The molecule has 0 bridgehead atoms. The molecule has 1 saturated heterocycles. The molecule has 7 nitrogen and oxygen atoms in total.